The van der Waals surface area contributed by atoms with E-state index in [1.54, 1.807) is 0 Å². The van der Waals surface area contributed by atoms with E-state index in [2.05, 4.69) is 4.98 Å². The highest BCUT2D eigenvalue weighted by atomic mass is 32.1. The fraction of sp³-hybridized carbons (Fsp3) is 0.350. The van der Waals surface area contributed by atoms with Crippen LogP contribution in [-0.4, -0.2) is 28.6 Å². The van der Waals surface area contributed by atoms with E-state index in [4.69, 9.17) is 14.2 Å². The molecule has 7 nitrogen and oxygen atoms in total. The van der Waals surface area contributed by atoms with Crippen molar-refractivity contribution in [1.29, 1.82) is 0 Å². The molecule has 0 fully saturated rings. The lowest BCUT2D eigenvalue weighted by Gasteiger charge is -2.11. The highest BCUT2D eigenvalue weighted by Gasteiger charge is 2.10. The molecule has 0 N–H and O–H groups in total. The van der Waals surface area contributed by atoms with E-state index in [0.29, 0.717) is 41.8 Å². The van der Waals surface area contributed by atoms with Gasteiger partial charge in [-0.3, -0.25) is 14.0 Å². The summed E-state index contributed by atoms with van der Waals surface area (Å²) in [5.74, 6) is 0.983. The molecule has 0 atom stereocenters. The number of aryl methyl sites for hydroxylation is 1. The number of nitrogens with zero attached hydrogens (tertiary/aromatic N) is 2. The van der Waals surface area contributed by atoms with E-state index in [-0.39, 0.29) is 24.6 Å². The van der Waals surface area contributed by atoms with Gasteiger partial charge >= 0.3 is 5.97 Å². The van der Waals surface area contributed by atoms with Crippen LogP contribution in [0.1, 0.15) is 31.2 Å². The summed E-state index contributed by atoms with van der Waals surface area (Å²) >= 11 is 1.38. The number of hydrogen-bond donors (Lipinski definition) is 0. The lowest BCUT2D eigenvalue weighted by molar-refractivity contribution is -0.145. The number of thiazole rings is 1. The Labute approximate surface area is 166 Å². The lowest BCUT2D eigenvalue weighted by atomic mass is 10.3. The van der Waals surface area contributed by atoms with Crippen molar-refractivity contribution in [2.75, 3.05) is 13.2 Å². The summed E-state index contributed by atoms with van der Waals surface area (Å²) in [7, 11) is 0. The van der Waals surface area contributed by atoms with Crippen LogP contribution in [0, 0.1) is 6.92 Å². The minimum absolute atomic E-state index is 0.0183. The van der Waals surface area contributed by atoms with E-state index in [9.17, 15) is 9.59 Å². The SMILES string of the molecule is CCOc1ccccc1OCCCC(=O)OCc1cc(=O)n2c(C)csc2n1. The molecule has 0 unspecified atom stereocenters. The third-order valence-corrected chi connectivity index (χ3v) is 4.89. The third-order valence-electron chi connectivity index (χ3n) is 3.94. The Morgan fingerprint density at radius 3 is 2.71 bits per heavy atom. The molecule has 2 heterocycles. The summed E-state index contributed by atoms with van der Waals surface area (Å²) in [6.45, 7) is 4.67. The standard InChI is InChI=1S/C20H22N2O5S/c1-3-25-16-7-4-5-8-17(16)26-10-6-9-19(24)27-12-15-11-18(23)22-14(2)13-28-20(22)21-15/h4-5,7-8,11,13H,3,6,9-10,12H2,1-2H3. The molecular weight excluding hydrogens is 380 g/mol. The van der Waals surface area contributed by atoms with Gasteiger partial charge in [-0.15, -0.1) is 11.3 Å². The Morgan fingerprint density at radius 1 is 1.21 bits per heavy atom. The smallest absolute Gasteiger partial charge is 0.306 e. The van der Waals surface area contributed by atoms with Crippen molar-refractivity contribution in [1.82, 2.24) is 9.38 Å². The number of para-hydroxylation sites is 2. The minimum atomic E-state index is -0.356. The molecule has 3 rings (SSSR count). The van der Waals surface area contributed by atoms with Crippen LogP contribution < -0.4 is 15.0 Å². The third kappa shape index (κ3) is 4.89. The van der Waals surface area contributed by atoms with Crippen molar-refractivity contribution < 1.29 is 19.0 Å². The Hall–Kier alpha value is -2.87. The molecule has 28 heavy (non-hydrogen) atoms. The number of rotatable bonds is 9. The molecule has 0 saturated carbocycles. The number of hydrogen-bond acceptors (Lipinski definition) is 7. The Morgan fingerprint density at radius 2 is 1.96 bits per heavy atom. The molecule has 3 aromatic rings. The average Bonchev–Trinajstić information content (AvgIpc) is 3.06. The maximum atomic E-state index is 12.1. The monoisotopic (exact) mass is 402 g/mol. The van der Waals surface area contributed by atoms with Crippen LogP contribution in [0.15, 0.2) is 40.5 Å². The highest BCUT2D eigenvalue weighted by molar-refractivity contribution is 7.15. The molecule has 0 aliphatic rings. The molecule has 0 saturated heterocycles. The van der Waals surface area contributed by atoms with E-state index in [0.717, 1.165) is 5.69 Å². The summed E-state index contributed by atoms with van der Waals surface area (Å²) in [4.78, 5) is 29.0. The van der Waals surface area contributed by atoms with Gasteiger partial charge in [0.05, 0.1) is 18.9 Å². The topological polar surface area (TPSA) is 79.1 Å². The number of esters is 1. The second kappa shape index (κ2) is 9.36. The lowest BCUT2D eigenvalue weighted by Crippen LogP contribution is -2.16. The van der Waals surface area contributed by atoms with E-state index < -0.39 is 0 Å². The van der Waals surface area contributed by atoms with E-state index in [1.165, 1.54) is 21.8 Å². The predicted octanol–water partition coefficient (Wildman–Crippen LogP) is 3.37. The fourth-order valence-electron chi connectivity index (χ4n) is 2.64. The zero-order valence-corrected chi connectivity index (χ0v) is 16.7. The van der Waals surface area contributed by atoms with Crippen molar-refractivity contribution in [3.63, 3.8) is 0 Å². The van der Waals surface area contributed by atoms with Crippen LogP contribution in [0.25, 0.3) is 4.96 Å². The van der Waals surface area contributed by atoms with E-state index in [1.807, 2.05) is 43.5 Å². The first-order valence-electron chi connectivity index (χ1n) is 9.05. The van der Waals surface area contributed by atoms with Crippen molar-refractivity contribution in [2.45, 2.75) is 33.3 Å². The Bertz CT molecular complexity index is 1010. The van der Waals surface area contributed by atoms with Crippen LogP contribution in [0.2, 0.25) is 0 Å². The van der Waals surface area contributed by atoms with Gasteiger partial charge in [0.1, 0.15) is 6.61 Å². The van der Waals surface area contributed by atoms with Crippen LogP contribution in [0.4, 0.5) is 0 Å². The first-order valence-corrected chi connectivity index (χ1v) is 9.93. The van der Waals surface area contributed by atoms with Gasteiger partial charge < -0.3 is 14.2 Å². The molecule has 0 spiro atoms. The summed E-state index contributed by atoms with van der Waals surface area (Å²) in [5, 5.41) is 1.86. The van der Waals surface area contributed by atoms with Gasteiger partial charge in [-0.1, -0.05) is 12.1 Å². The summed E-state index contributed by atoms with van der Waals surface area (Å²) in [6.07, 6.45) is 0.731. The number of fused-ring (bicyclic) bond motifs is 1. The fourth-order valence-corrected chi connectivity index (χ4v) is 3.53. The molecule has 0 aliphatic heterocycles. The van der Waals surface area contributed by atoms with Crippen LogP contribution in [0.5, 0.6) is 11.5 Å². The molecule has 0 aliphatic carbocycles. The van der Waals surface area contributed by atoms with Gasteiger partial charge in [-0.25, -0.2) is 4.98 Å². The zero-order valence-electron chi connectivity index (χ0n) is 15.8. The Kier molecular flexibility index (Phi) is 6.65. The van der Waals surface area contributed by atoms with Crippen LogP contribution in [0.3, 0.4) is 0 Å². The van der Waals surface area contributed by atoms with Gasteiger partial charge in [0.25, 0.3) is 5.56 Å². The molecular formula is C20H22N2O5S. The van der Waals surface area contributed by atoms with E-state index >= 15 is 0 Å². The van der Waals surface area contributed by atoms with Crippen molar-refractivity contribution in [2.24, 2.45) is 0 Å². The summed E-state index contributed by atoms with van der Waals surface area (Å²) in [5.41, 5.74) is 1.12. The van der Waals surface area contributed by atoms with Crippen molar-refractivity contribution in [3.05, 3.63) is 57.5 Å². The van der Waals surface area contributed by atoms with Gasteiger partial charge in [-0.2, -0.15) is 0 Å². The molecule has 0 radical (unpaired) electrons. The largest absolute Gasteiger partial charge is 0.490 e. The summed E-state index contributed by atoms with van der Waals surface area (Å²) in [6, 6.07) is 8.82. The normalized spacial score (nSPS) is 10.8. The highest BCUT2D eigenvalue weighted by Crippen LogP contribution is 2.26. The number of ether oxygens (including phenoxy) is 3. The molecule has 2 aromatic heterocycles. The molecule has 1 aromatic carbocycles. The summed E-state index contributed by atoms with van der Waals surface area (Å²) < 4.78 is 17.9. The Balaban J connectivity index is 1.45. The van der Waals surface area contributed by atoms with Gasteiger partial charge in [0.2, 0.25) is 0 Å². The van der Waals surface area contributed by atoms with Crippen molar-refractivity contribution in [3.8, 4) is 11.5 Å². The van der Waals surface area contributed by atoms with Gasteiger partial charge in [0.15, 0.2) is 16.5 Å². The number of carbonyl (C=O) groups excluding carboxylic acids is 1. The number of benzene rings is 1. The number of carbonyl (C=O) groups is 1. The molecule has 8 heteroatoms. The zero-order chi connectivity index (χ0) is 19.9. The molecule has 0 amide bonds. The predicted molar refractivity (Wildman–Crippen MR) is 106 cm³/mol. The quantitative estimate of drug-likeness (QED) is 0.403. The molecule has 148 valence electrons. The van der Waals surface area contributed by atoms with Gasteiger partial charge in [-0.05, 0) is 32.4 Å². The second-order valence-corrected chi connectivity index (χ2v) is 6.91. The van der Waals surface area contributed by atoms with Crippen molar-refractivity contribution >= 4 is 22.3 Å². The van der Waals surface area contributed by atoms with Crippen LogP contribution in [-0.2, 0) is 16.1 Å². The van der Waals surface area contributed by atoms with Gasteiger partial charge in [0, 0.05) is 23.6 Å². The minimum Gasteiger partial charge on any atom is -0.490 e. The number of aromatic nitrogens is 2. The molecule has 0 bridgehead atoms. The first-order chi connectivity index (χ1) is 13.6. The maximum absolute atomic E-state index is 12.1. The second-order valence-electron chi connectivity index (χ2n) is 6.07. The van der Waals surface area contributed by atoms with Crippen LogP contribution >= 0.6 is 11.3 Å². The average molecular weight is 402 g/mol. The maximum Gasteiger partial charge on any atom is 0.306 e. The first kappa shape index (κ1) is 19.9.